The Morgan fingerprint density at radius 2 is 1.34 bits per heavy atom. The van der Waals surface area contributed by atoms with Crippen molar-refractivity contribution in [2.45, 2.75) is 0 Å². The van der Waals surface area contributed by atoms with E-state index in [-0.39, 0.29) is 0 Å². The van der Waals surface area contributed by atoms with Crippen molar-refractivity contribution in [3.05, 3.63) is 91.0 Å². The van der Waals surface area contributed by atoms with Crippen LogP contribution in [0.1, 0.15) is 0 Å². The monoisotopic (exact) mass is 413 g/mol. The number of aromatic nitrogens is 6. The van der Waals surface area contributed by atoms with Crippen molar-refractivity contribution in [3.63, 3.8) is 0 Å². The van der Waals surface area contributed by atoms with Crippen LogP contribution >= 0.6 is 0 Å². The fourth-order valence-corrected chi connectivity index (χ4v) is 5.01. The van der Waals surface area contributed by atoms with Gasteiger partial charge >= 0.3 is 0 Å². The molecular formula is C26H16N6. The Labute approximate surface area is 182 Å². The Bertz CT molecular complexity index is 2050. The van der Waals surface area contributed by atoms with E-state index >= 15 is 0 Å². The second kappa shape index (κ2) is 5.56. The first-order valence-electron chi connectivity index (χ1n) is 11.0. The van der Waals surface area contributed by atoms with Crippen LogP contribution < -0.4 is 0 Å². The highest BCUT2D eigenvalue weighted by Crippen LogP contribution is 2.33. The highest BCUT2D eigenvalue weighted by molar-refractivity contribution is 5.97. The third-order valence-corrected chi connectivity index (χ3v) is 6.34. The van der Waals surface area contributed by atoms with Crippen molar-refractivity contribution in [1.82, 2.24) is 28.3 Å². The molecular weight excluding hydrogens is 396 g/mol. The Morgan fingerprint density at radius 1 is 0.625 bits per heavy atom. The van der Waals surface area contributed by atoms with Gasteiger partial charge in [-0.2, -0.15) is 0 Å². The number of hydrogen-bond acceptors (Lipinski definition) is 2. The molecule has 32 heavy (non-hydrogen) atoms. The third-order valence-electron chi connectivity index (χ3n) is 6.34. The zero-order chi connectivity index (χ0) is 21.7. The number of H-pyrrole nitrogens is 1. The van der Waals surface area contributed by atoms with Crippen LogP contribution in [-0.2, 0) is 0 Å². The van der Waals surface area contributed by atoms with Gasteiger partial charge in [-0.3, -0.25) is 13.4 Å². The van der Waals surface area contributed by atoms with Gasteiger partial charge in [-0.15, -0.1) is 0 Å². The molecule has 0 fully saturated rings. The van der Waals surface area contributed by atoms with Gasteiger partial charge in [0.15, 0.2) is 1.41 Å². The van der Waals surface area contributed by atoms with E-state index in [1.807, 2.05) is 42.5 Å². The van der Waals surface area contributed by atoms with Crippen LogP contribution in [0.15, 0.2) is 91.0 Å². The molecule has 0 unspecified atom stereocenters. The molecule has 6 heteroatoms. The highest BCUT2D eigenvalue weighted by atomic mass is 15.2. The van der Waals surface area contributed by atoms with Gasteiger partial charge in [0, 0.05) is 0 Å². The van der Waals surface area contributed by atoms with E-state index in [4.69, 9.17) is 11.4 Å². The van der Waals surface area contributed by atoms with Crippen LogP contribution in [0.25, 0.3) is 61.4 Å². The van der Waals surface area contributed by atoms with E-state index in [1.54, 1.807) is 0 Å². The lowest BCUT2D eigenvalue weighted by Crippen LogP contribution is -1.96. The molecule has 4 aromatic carbocycles. The molecule has 150 valence electrons. The van der Waals surface area contributed by atoms with Crippen molar-refractivity contribution in [2.75, 3.05) is 0 Å². The maximum absolute atomic E-state index is 8.64. The molecule has 0 aliphatic heterocycles. The Balaban J connectivity index is 1.58. The Hall–Kier alpha value is -4.58. The molecule has 0 aliphatic carbocycles. The molecule has 4 aromatic heterocycles. The average molecular weight is 413 g/mol. The molecule has 8 rings (SSSR count). The second-order valence-electron chi connectivity index (χ2n) is 8.05. The summed E-state index contributed by atoms with van der Waals surface area (Å²) in [5, 5.41) is 0. The molecule has 8 aromatic rings. The predicted octanol–water partition coefficient (Wildman–Crippen LogP) is 5.71. The van der Waals surface area contributed by atoms with Gasteiger partial charge in [-0.1, -0.05) is 42.5 Å². The lowest BCUT2D eigenvalue weighted by molar-refractivity contribution is 1.12. The molecule has 0 amide bonds. The first kappa shape index (κ1) is 15.3. The van der Waals surface area contributed by atoms with Gasteiger partial charge in [0.1, 0.15) is 5.52 Å². The standard InChI is InChI=1S/C26H16N6/c1-3-10-18-16(8-1)27-25-29-24-22(30(18)25)14-7-15-23(24)32-21-13-6-5-12-20(21)31-19-11-4-2-9-17(19)28-26(31)32/h1-15H,(H,27,29)/i/hD. The molecule has 0 aliphatic rings. The van der Waals surface area contributed by atoms with Crippen molar-refractivity contribution < 1.29 is 1.41 Å². The van der Waals surface area contributed by atoms with Gasteiger partial charge < -0.3 is 4.98 Å². The second-order valence-corrected chi connectivity index (χ2v) is 8.05. The minimum absolute atomic E-state index is 0.597. The van der Waals surface area contributed by atoms with E-state index in [1.165, 1.54) is 4.98 Å². The average Bonchev–Trinajstić information content (AvgIpc) is 3.57. The number of imidazole rings is 4. The number of nitrogens with zero attached hydrogens (tertiary/aromatic N) is 5. The maximum atomic E-state index is 8.64. The quantitative estimate of drug-likeness (QED) is 0.375. The Morgan fingerprint density at radius 3 is 2.25 bits per heavy atom. The van der Waals surface area contributed by atoms with E-state index in [9.17, 15) is 0 Å². The minimum atomic E-state index is 0.597. The van der Waals surface area contributed by atoms with E-state index < -0.39 is 0 Å². The fourth-order valence-electron chi connectivity index (χ4n) is 5.01. The molecule has 0 bridgehead atoms. The number of nitrogens with one attached hydrogen (secondary N) is 1. The summed E-state index contributed by atoms with van der Waals surface area (Å²) in [6.45, 7) is 0. The summed E-state index contributed by atoms with van der Waals surface area (Å²) in [7, 11) is 0. The van der Waals surface area contributed by atoms with Crippen molar-refractivity contribution in [3.8, 4) is 5.69 Å². The predicted molar refractivity (Wildman–Crippen MR) is 128 cm³/mol. The molecule has 0 saturated heterocycles. The van der Waals surface area contributed by atoms with Gasteiger partial charge in [-0.05, 0) is 48.5 Å². The summed E-state index contributed by atoms with van der Waals surface area (Å²) in [5.74, 6) is 1.45. The SMILES string of the molecule is [2H]n1c2ccccc2n2c3cccc(-n4c5ccccc5n5c6ccccc6nc45)c3nc12. The summed E-state index contributed by atoms with van der Waals surface area (Å²) in [5.41, 5.74) is 8.75. The largest absolute Gasteiger partial charge is 0.323 e. The topological polar surface area (TPSA) is 55.3 Å². The van der Waals surface area contributed by atoms with Gasteiger partial charge in [0.2, 0.25) is 11.6 Å². The van der Waals surface area contributed by atoms with Crippen molar-refractivity contribution >= 4 is 55.7 Å². The summed E-state index contributed by atoms with van der Waals surface area (Å²) >= 11 is 0. The Kier molecular flexibility index (Phi) is 2.65. The van der Waals surface area contributed by atoms with Crippen molar-refractivity contribution in [2.24, 2.45) is 0 Å². The maximum Gasteiger partial charge on any atom is 0.220 e. The number of hydrogen-bond donors (Lipinski definition) is 1. The van der Waals surface area contributed by atoms with Crippen LogP contribution in [0.5, 0.6) is 0 Å². The van der Waals surface area contributed by atoms with Crippen LogP contribution in [-0.4, -0.2) is 28.3 Å². The molecule has 0 radical (unpaired) electrons. The molecule has 1 N–H and O–H groups in total. The molecule has 0 saturated carbocycles. The van der Waals surface area contributed by atoms with Crippen molar-refractivity contribution in [1.29, 1.82) is 0 Å². The first-order chi connectivity index (χ1) is 16.3. The number of benzene rings is 4. The van der Waals surface area contributed by atoms with Gasteiger partial charge in [-0.25, -0.2) is 9.97 Å². The minimum Gasteiger partial charge on any atom is -0.323 e. The van der Waals surface area contributed by atoms with Gasteiger partial charge in [0.05, 0.1) is 44.3 Å². The van der Waals surface area contributed by atoms with E-state index in [2.05, 4.69) is 61.9 Å². The summed E-state index contributed by atoms with van der Waals surface area (Å²) < 4.78 is 15.1. The smallest absolute Gasteiger partial charge is 0.220 e. The van der Waals surface area contributed by atoms with Crippen LogP contribution in [0.2, 0.25) is 1.41 Å². The molecule has 0 spiro atoms. The molecule has 0 atom stereocenters. The third kappa shape index (κ3) is 1.85. The van der Waals surface area contributed by atoms with Crippen LogP contribution in [0.3, 0.4) is 0 Å². The number of fused-ring (bicyclic) bond motifs is 10. The number of para-hydroxylation sites is 7. The normalized spacial score (nSPS) is 12.8. The van der Waals surface area contributed by atoms with Crippen LogP contribution in [0, 0.1) is 0 Å². The number of rotatable bonds is 1. The zero-order valence-electron chi connectivity index (χ0n) is 17.8. The zero-order valence-corrected chi connectivity index (χ0v) is 16.8. The molecule has 6 nitrogen and oxygen atoms in total. The first-order valence-corrected chi connectivity index (χ1v) is 10.6. The lowest BCUT2D eigenvalue weighted by atomic mass is 10.2. The van der Waals surface area contributed by atoms with E-state index in [0.717, 1.165) is 55.6 Å². The van der Waals surface area contributed by atoms with Gasteiger partial charge in [0.25, 0.3) is 0 Å². The summed E-state index contributed by atoms with van der Waals surface area (Å²) in [6.07, 6.45) is 0. The fraction of sp³-hybridized carbons (Fsp3) is 0. The number of aromatic amines is 1. The summed E-state index contributed by atoms with van der Waals surface area (Å²) in [4.78, 5) is 11.4. The van der Waals surface area contributed by atoms with E-state index in [0.29, 0.717) is 5.78 Å². The molecule has 4 heterocycles. The highest BCUT2D eigenvalue weighted by Gasteiger charge is 2.20. The lowest BCUT2D eigenvalue weighted by Gasteiger charge is -2.06. The van der Waals surface area contributed by atoms with Crippen LogP contribution in [0.4, 0.5) is 0 Å². The summed E-state index contributed by atoms with van der Waals surface area (Å²) in [6, 6.07) is 30.7.